The van der Waals surface area contributed by atoms with Crippen LogP contribution in [0, 0.1) is 0 Å². The molecule has 0 unspecified atom stereocenters. The predicted octanol–water partition coefficient (Wildman–Crippen LogP) is -1.18. The Hall–Kier alpha value is -1.14. The van der Waals surface area contributed by atoms with E-state index in [0.717, 1.165) is 0 Å². The lowest BCUT2D eigenvalue weighted by Crippen LogP contribution is -2.27. The van der Waals surface area contributed by atoms with Crippen molar-refractivity contribution in [2.75, 3.05) is 26.3 Å². The van der Waals surface area contributed by atoms with Gasteiger partial charge in [-0.05, 0) is 6.42 Å². The summed E-state index contributed by atoms with van der Waals surface area (Å²) in [6.45, 7) is 0.0428. The molecule has 0 bridgehead atoms. The summed E-state index contributed by atoms with van der Waals surface area (Å²) < 4.78 is 0. The van der Waals surface area contributed by atoms with E-state index in [4.69, 9.17) is 15.3 Å². The fourth-order valence-electron chi connectivity index (χ4n) is 0.833. The molecule has 0 spiro atoms. The quantitative estimate of drug-likeness (QED) is 0.309. The van der Waals surface area contributed by atoms with E-state index in [1.54, 1.807) is 0 Å². The minimum absolute atomic E-state index is 0.0346. The van der Waals surface area contributed by atoms with Crippen LogP contribution in [-0.4, -0.2) is 53.4 Å². The smallest absolute Gasteiger partial charge is 0.325 e. The average Bonchev–Trinajstić information content (AvgIpc) is 2.16. The molecule has 0 fully saturated rings. The van der Waals surface area contributed by atoms with E-state index < -0.39 is 5.97 Å². The summed E-state index contributed by atoms with van der Waals surface area (Å²) in [6, 6.07) is 0. The minimum atomic E-state index is -1.00. The van der Waals surface area contributed by atoms with E-state index in [-0.39, 0.29) is 19.8 Å². The van der Waals surface area contributed by atoms with Crippen molar-refractivity contribution in [1.29, 1.82) is 0 Å². The van der Waals surface area contributed by atoms with Crippen molar-refractivity contribution in [2.45, 2.75) is 12.8 Å². The number of nitrogens with zero attached hydrogens (tertiary/aromatic N) is 1. The molecule has 0 aliphatic heterocycles. The molecular weight excluding hydrogens is 188 g/mol. The van der Waals surface area contributed by atoms with Crippen molar-refractivity contribution in [2.24, 2.45) is 4.99 Å². The van der Waals surface area contributed by atoms with E-state index in [9.17, 15) is 4.79 Å². The lowest BCUT2D eigenvalue weighted by molar-refractivity contribution is -0.135. The molecule has 0 saturated carbocycles. The molecule has 6 nitrogen and oxygen atoms in total. The second-order valence-corrected chi connectivity index (χ2v) is 2.63. The van der Waals surface area contributed by atoms with E-state index in [1.807, 2.05) is 0 Å². The number of amidine groups is 1. The maximum atomic E-state index is 10.2. The molecule has 14 heavy (non-hydrogen) atoms. The van der Waals surface area contributed by atoms with Gasteiger partial charge in [0.15, 0.2) is 0 Å². The van der Waals surface area contributed by atoms with Crippen LogP contribution < -0.4 is 5.32 Å². The lowest BCUT2D eigenvalue weighted by Gasteiger charge is -2.07. The van der Waals surface area contributed by atoms with Gasteiger partial charge in [0.1, 0.15) is 6.54 Å². The van der Waals surface area contributed by atoms with Gasteiger partial charge in [-0.2, -0.15) is 0 Å². The zero-order chi connectivity index (χ0) is 10.8. The number of aliphatic hydroxyl groups excluding tert-OH is 2. The minimum Gasteiger partial charge on any atom is -0.480 e. The Labute approximate surface area is 82.3 Å². The van der Waals surface area contributed by atoms with Crippen molar-refractivity contribution < 1.29 is 20.1 Å². The highest BCUT2D eigenvalue weighted by Gasteiger charge is 1.99. The molecule has 0 aromatic rings. The number of nitrogens with one attached hydrogen (secondary N) is 1. The SMILES string of the molecule is O=C(O)CN=C(CCCO)NCCO. The van der Waals surface area contributed by atoms with Crippen LogP contribution in [0.15, 0.2) is 4.99 Å². The second-order valence-electron chi connectivity index (χ2n) is 2.63. The van der Waals surface area contributed by atoms with Crippen LogP contribution in [0.3, 0.4) is 0 Å². The van der Waals surface area contributed by atoms with Gasteiger partial charge in [0.05, 0.1) is 12.4 Å². The standard InChI is InChI=1S/C8H16N2O4/c11-4-1-2-7(9-3-5-12)10-6-8(13)14/h11-12H,1-6H2,(H,9,10)(H,13,14). The summed E-state index contributed by atoms with van der Waals surface area (Å²) in [7, 11) is 0. The van der Waals surface area contributed by atoms with Crippen LogP contribution in [0.25, 0.3) is 0 Å². The van der Waals surface area contributed by atoms with E-state index in [1.165, 1.54) is 0 Å². The Bertz CT molecular complexity index is 184. The monoisotopic (exact) mass is 204 g/mol. The molecule has 6 heteroatoms. The molecule has 0 atom stereocenters. The van der Waals surface area contributed by atoms with Gasteiger partial charge >= 0.3 is 5.97 Å². The Morgan fingerprint density at radius 2 is 2.00 bits per heavy atom. The number of hydrogen-bond donors (Lipinski definition) is 4. The Morgan fingerprint density at radius 3 is 2.50 bits per heavy atom. The fourth-order valence-corrected chi connectivity index (χ4v) is 0.833. The van der Waals surface area contributed by atoms with Crippen LogP contribution in [0.5, 0.6) is 0 Å². The second kappa shape index (κ2) is 8.46. The molecule has 0 rings (SSSR count). The number of hydrogen-bond acceptors (Lipinski definition) is 4. The van der Waals surface area contributed by atoms with Crippen LogP contribution in [0.2, 0.25) is 0 Å². The Kier molecular flexibility index (Phi) is 7.77. The van der Waals surface area contributed by atoms with Crippen molar-refractivity contribution in [3.05, 3.63) is 0 Å². The maximum Gasteiger partial charge on any atom is 0.325 e. The highest BCUT2D eigenvalue weighted by Crippen LogP contribution is 1.90. The molecule has 0 radical (unpaired) electrons. The topological polar surface area (TPSA) is 102 Å². The third-order valence-corrected chi connectivity index (χ3v) is 1.42. The van der Waals surface area contributed by atoms with Crippen molar-refractivity contribution in [3.8, 4) is 0 Å². The molecule has 0 aliphatic rings. The fraction of sp³-hybridized carbons (Fsp3) is 0.750. The van der Waals surface area contributed by atoms with Gasteiger partial charge in [0.25, 0.3) is 0 Å². The summed E-state index contributed by atoms with van der Waals surface area (Å²) in [5, 5.41) is 28.3. The van der Waals surface area contributed by atoms with E-state index in [0.29, 0.717) is 25.2 Å². The summed E-state index contributed by atoms with van der Waals surface area (Å²) in [4.78, 5) is 14.0. The van der Waals surface area contributed by atoms with Crippen LogP contribution >= 0.6 is 0 Å². The lowest BCUT2D eigenvalue weighted by atomic mass is 10.3. The van der Waals surface area contributed by atoms with Crippen LogP contribution in [0.4, 0.5) is 0 Å². The summed E-state index contributed by atoms with van der Waals surface area (Å²) in [5.41, 5.74) is 0. The number of carboxylic acids is 1. The van der Waals surface area contributed by atoms with Gasteiger partial charge < -0.3 is 20.6 Å². The zero-order valence-corrected chi connectivity index (χ0v) is 7.94. The largest absolute Gasteiger partial charge is 0.480 e. The molecule has 0 aromatic heterocycles. The third-order valence-electron chi connectivity index (χ3n) is 1.42. The first-order chi connectivity index (χ1) is 6.70. The summed E-state index contributed by atoms with van der Waals surface area (Å²) >= 11 is 0. The first kappa shape index (κ1) is 12.9. The van der Waals surface area contributed by atoms with E-state index in [2.05, 4.69) is 10.3 Å². The van der Waals surface area contributed by atoms with Crippen molar-refractivity contribution in [3.63, 3.8) is 0 Å². The molecule has 0 saturated heterocycles. The van der Waals surface area contributed by atoms with Crippen molar-refractivity contribution in [1.82, 2.24) is 5.32 Å². The third kappa shape index (κ3) is 7.51. The molecule has 0 aromatic carbocycles. The van der Waals surface area contributed by atoms with Gasteiger partial charge in [0.2, 0.25) is 0 Å². The van der Waals surface area contributed by atoms with Crippen molar-refractivity contribution >= 4 is 11.8 Å². The number of carbonyl (C=O) groups is 1. The normalized spacial score (nSPS) is 11.4. The van der Waals surface area contributed by atoms with Crippen LogP contribution in [-0.2, 0) is 4.79 Å². The first-order valence-electron chi connectivity index (χ1n) is 4.41. The van der Waals surface area contributed by atoms with E-state index >= 15 is 0 Å². The molecule has 0 amide bonds. The molecule has 0 heterocycles. The Balaban J connectivity index is 3.94. The van der Waals surface area contributed by atoms with Gasteiger partial charge in [-0.3, -0.25) is 9.79 Å². The number of carboxylic acid groups (broad SMARTS) is 1. The first-order valence-corrected chi connectivity index (χ1v) is 4.41. The summed E-state index contributed by atoms with van der Waals surface area (Å²) in [5.74, 6) is -0.493. The number of rotatable bonds is 7. The molecule has 4 N–H and O–H groups in total. The predicted molar refractivity (Wildman–Crippen MR) is 51.3 cm³/mol. The highest BCUT2D eigenvalue weighted by atomic mass is 16.4. The molecule has 82 valence electrons. The average molecular weight is 204 g/mol. The van der Waals surface area contributed by atoms with Crippen LogP contribution in [0.1, 0.15) is 12.8 Å². The number of aliphatic imine (C=N–C) groups is 1. The maximum absolute atomic E-state index is 10.2. The Morgan fingerprint density at radius 1 is 1.29 bits per heavy atom. The molecule has 0 aliphatic carbocycles. The zero-order valence-electron chi connectivity index (χ0n) is 7.94. The van der Waals surface area contributed by atoms with Gasteiger partial charge in [0, 0.05) is 19.6 Å². The summed E-state index contributed by atoms with van der Waals surface area (Å²) in [6.07, 6.45) is 1.01. The van der Waals surface area contributed by atoms with Gasteiger partial charge in [-0.25, -0.2) is 0 Å². The highest BCUT2D eigenvalue weighted by molar-refractivity contribution is 5.84. The number of aliphatic carboxylic acids is 1. The number of aliphatic hydroxyl groups is 2. The molecular formula is C8H16N2O4. The van der Waals surface area contributed by atoms with Gasteiger partial charge in [-0.1, -0.05) is 0 Å². The van der Waals surface area contributed by atoms with Gasteiger partial charge in [-0.15, -0.1) is 0 Å².